The summed E-state index contributed by atoms with van der Waals surface area (Å²) in [5.74, 6) is -0.00972. The molecule has 1 fully saturated rings. The summed E-state index contributed by atoms with van der Waals surface area (Å²) in [5.41, 5.74) is 2.52. The SMILES string of the molecule is Cc1c(C(=O)N2CCCCC2CO)cnc2ccccc12. The van der Waals surface area contributed by atoms with Gasteiger partial charge in [0.05, 0.1) is 23.7 Å². The minimum atomic E-state index is -0.0582. The molecule has 110 valence electrons. The fourth-order valence-corrected chi connectivity index (χ4v) is 3.11. The first-order valence-corrected chi connectivity index (χ1v) is 7.48. The maximum atomic E-state index is 12.8. The zero-order valence-corrected chi connectivity index (χ0v) is 12.2. The van der Waals surface area contributed by atoms with Crippen LogP contribution in [0.1, 0.15) is 35.2 Å². The third kappa shape index (κ3) is 2.51. The summed E-state index contributed by atoms with van der Waals surface area (Å²) in [6.07, 6.45) is 4.62. The average Bonchev–Trinajstić information content (AvgIpc) is 2.55. The highest BCUT2D eigenvalue weighted by Gasteiger charge is 2.28. The molecule has 21 heavy (non-hydrogen) atoms. The van der Waals surface area contributed by atoms with Crippen molar-refractivity contribution in [1.82, 2.24) is 9.88 Å². The molecule has 1 aromatic heterocycles. The number of aryl methyl sites for hydroxylation is 1. The van der Waals surface area contributed by atoms with Crippen molar-refractivity contribution in [2.75, 3.05) is 13.2 Å². The van der Waals surface area contributed by atoms with E-state index in [1.807, 2.05) is 36.1 Å². The second-order valence-electron chi connectivity index (χ2n) is 5.64. The van der Waals surface area contributed by atoms with Gasteiger partial charge < -0.3 is 10.0 Å². The number of para-hydroxylation sites is 1. The number of likely N-dealkylation sites (tertiary alicyclic amines) is 1. The van der Waals surface area contributed by atoms with Crippen LogP contribution < -0.4 is 0 Å². The third-order valence-corrected chi connectivity index (χ3v) is 4.37. The number of hydrogen-bond acceptors (Lipinski definition) is 3. The van der Waals surface area contributed by atoms with Gasteiger partial charge in [-0.2, -0.15) is 0 Å². The van der Waals surface area contributed by atoms with E-state index in [9.17, 15) is 9.90 Å². The monoisotopic (exact) mass is 284 g/mol. The van der Waals surface area contributed by atoms with Gasteiger partial charge in [-0.1, -0.05) is 18.2 Å². The van der Waals surface area contributed by atoms with E-state index in [-0.39, 0.29) is 18.6 Å². The molecule has 1 unspecified atom stereocenters. The summed E-state index contributed by atoms with van der Waals surface area (Å²) >= 11 is 0. The number of amides is 1. The van der Waals surface area contributed by atoms with E-state index in [1.54, 1.807) is 6.20 Å². The fraction of sp³-hybridized carbons (Fsp3) is 0.412. The number of carbonyl (C=O) groups excluding carboxylic acids is 1. The minimum absolute atomic E-state index is 0.00972. The topological polar surface area (TPSA) is 53.4 Å². The average molecular weight is 284 g/mol. The van der Waals surface area contributed by atoms with Gasteiger partial charge in [-0.05, 0) is 37.8 Å². The summed E-state index contributed by atoms with van der Waals surface area (Å²) in [6, 6.07) is 7.80. The van der Waals surface area contributed by atoms with E-state index in [1.165, 1.54) is 0 Å². The lowest BCUT2D eigenvalue weighted by molar-refractivity contribution is 0.0502. The lowest BCUT2D eigenvalue weighted by Crippen LogP contribution is -2.45. The number of rotatable bonds is 2. The molecule has 1 aliphatic heterocycles. The number of benzene rings is 1. The molecule has 4 heteroatoms. The van der Waals surface area contributed by atoms with Crippen molar-refractivity contribution in [1.29, 1.82) is 0 Å². The molecule has 2 aromatic rings. The molecule has 1 N–H and O–H groups in total. The van der Waals surface area contributed by atoms with Crippen LogP contribution in [-0.4, -0.2) is 40.1 Å². The molecule has 1 aromatic carbocycles. The molecular formula is C17H20N2O2. The second kappa shape index (κ2) is 5.82. The Morgan fingerprint density at radius 2 is 2.19 bits per heavy atom. The fourth-order valence-electron chi connectivity index (χ4n) is 3.11. The Balaban J connectivity index is 1.99. The Labute approximate surface area is 124 Å². The molecule has 4 nitrogen and oxygen atoms in total. The van der Waals surface area contributed by atoms with Crippen LogP contribution >= 0.6 is 0 Å². The minimum Gasteiger partial charge on any atom is -0.394 e. The lowest BCUT2D eigenvalue weighted by atomic mass is 9.99. The van der Waals surface area contributed by atoms with Crippen LogP contribution in [0.25, 0.3) is 10.9 Å². The number of piperidine rings is 1. The highest BCUT2D eigenvalue weighted by Crippen LogP contribution is 2.24. The van der Waals surface area contributed by atoms with Crippen LogP contribution in [0.3, 0.4) is 0 Å². The molecule has 1 aliphatic rings. The number of hydrogen-bond donors (Lipinski definition) is 1. The quantitative estimate of drug-likeness (QED) is 0.922. The number of pyridine rings is 1. The Morgan fingerprint density at radius 1 is 1.38 bits per heavy atom. The zero-order valence-electron chi connectivity index (χ0n) is 12.2. The number of carbonyl (C=O) groups is 1. The van der Waals surface area contributed by atoms with E-state index < -0.39 is 0 Å². The lowest BCUT2D eigenvalue weighted by Gasteiger charge is -2.35. The molecule has 0 aliphatic carbocycles. The van der Waals surface area contributed by atoms with Gasteiger partial charge in [0.15, 0.2) is 0 Å². The first-order chi connectivity index (χ1) is 10.2. The van der Waals surface area contributed by atoms with Gasteiger partial charge in [0.1, 0.15) is 0 Å². The van der Waals surface area contributed by atoms with Gasteiger partial charge in [-0.3, -0.25) is 9.78 Å². The Morgan fingerprint density at radius 3 is 3.00 bits per heavy atom. The molecule has 1 amide bonds. The highest BCUT2D eigenvalue weighted by molar-refractivity contribution is 6.00. The van der Waals surface area contributed by atoms with Crippen LogP contribution in [-0.2, 0) is 0 Å². The number of fused-ring (bicyclic) bond motifs is 1. The summed E-state index contributed by atoms with van der Waals surface area (Å²) in [4.78, 5) is 19.0. The van der Waals surface area contributed by atoms with Gasteiger partial charge in [0.25, 0.3) is 5.91 Å². The predicted octanol–water partition coefficient (Wildman–Crippen LogP) is 2.53. The van der Waals surface area contributed by atoms with Crippen molar-refractivity contribution in [2.24, 2.45) is 0 Å². The third-order valence-electron chi connectivity index (χ3n) is 4.37. The Bertz CT molecular complexity index is 669. The van der Waals surface area contributed by atoms with Crippen LogP contribution in [0, 0.1) is 6.92 Å². The van der Waals surface area contributed by atoms with Gasteiger partial charge in [0, 0.05) is 18.1 Å². The summed E-state index contributed by atoms with van der Waals surface area (Å²) in [6.45, 7) is 2.72. The molecule has 3 rings (SSSR count). The number of nitrogens with zero attached hydrogens (tertiary/aromatic N) is 2. The van der Waals surface area contributed by atoms with Crippen LogP contribution in [0.15, 0.2) is 30.5 Å². The van der Waals surface area contributed by atoms with Crippen molar-refractivity contribution in [3.63, 3.8) is 0 Å². The van der Waals surface area contributed by atoms with Crippen molar-refractivity contribution in [3.05, 3.63) is 41.6 Å². The van der Waals surface area contributed by atoms with Crippen molar-refractivity contribution >= 4 is 16.8 Å². The maximum absolute atomic E-state index is 12.8. The molecule has 2 heterocycles. The van der Waals surface area contributed by atoms with Crippen molar-refractivity contribution < 1.29 is 9.90 Å². The summed E-state index contributed by atoms with van der Waals surface area (Å²) < 4.78 is 0. The molecule has 0 radical (unpaired) electrons. The molecule has 0 bridgehead atoms. The molecule has 1 atom stereocenters. The molecule has 0 spiro atoms. The number of aliphatic hydroxyl groups excluding tert-OH is 1. The Hall–Kier alpha value is -1.94. The largest absolute Gasteiger partial charge is 0.394 e. The molecule has 1 saturated heterocycles. The van der Waals surface area contributed by atoms with E-state index in [0.29, 0.717) is 5.56 Å². The number of aliphatic hydroxyl groups is 1. The van der Waals surface area contributed by atoms with E-state index >= 15 is 0 Å². The van der Waals surface area contributed by atoms with E-state index in [2.05, 4.69) is 4.98 Å². The first-order valence-electron chi connectivity index (χ1n) is 7.48. The van der Waals surface area contributed by atoms with Crippen LogP contribution in [0.4, 0.5) is 0 Å². The van der Waals surface area contributed by atoms with Gasteiger partial charge >= 0.3 is 0 Å². The molecular weight excluding hydrogens is 264 g/mol. The van der Waals surface area contributed by atoms with E-state index in [4.69, 9.17) is 0 Å². The first kappa shape index (κ1) is 14.0. The smallest absolute Gasteiger partial charge is 0.256 e. The zero-order chi connectivity index (χ0) is 14.8. The molecule has 0 saturated carbocycles. The van der Waals surface area contributed by atoms with Crippen molar-refractivity contribution in [2.45, 2.75) is 32.2 Å². The summed E-state index contributed by atoms with van der Waals surface area (Å²) in [5, 5.41) is 10.5. The van der Waals surface area contributed by atoms with Gasteiger partial charge in [0.2, 0.25) is 0 Å². The second-order valence-corrected chi connectivity index (χ2v) is 5.64. The summed E-state index contributed by atoms with van der Waals surface area (Å²) in [7, 11) is 0. The van der Waals surface area contributed by atoms with Gasteiger partial charge in [-0.25, -0.2) is 0 Å². The highest BCUT2D eigenvalue weighted by atomic mass is 16.3. The Kier molecular flexibility index (Phi) is 3.88. The van der Waals surface area contributed by atoms with Gasteiger partial charge in [-0.15, -0.1) is 0 Å². The predicted molar refractivity (Wildman–Crippen MR) is 82.2 cm³/mol. The number of aromatic nitrogens is 1. The van der Waals surface area contributed by atoms with E-state index in [0.717, 1.165) is 42.3 Å². The van der Waals surface area contributed by atoms with Crippen LogP contribution in [0.2, 0.25) is 0 Å². The van der Waals surface area contributed by atoms with Crippen molar-refractivity contribution in [3.8, 4) is 0 Å². The van der Waals surface area contributed by atoms with Crippen LogP contribution in [0.5, 0.6) is 0 Å². The standard InChI is InChI=1S/C17H20N2O2/c1-12-14-7-2-3-8-16(14)18-10-15(12)17(21)19-9-5-4-6-13(19)11-20/h2-3,7-8,10,13,20H,4-6,9,11H2,1H3. The normalized spacial score (nSPS) is 19.0. The maximum Gasteiger partial charge on any atom is 0.256 e.